The number of hydrogen-bond acceptors (Lipinski definition) is 3. The molecule has 0 aliphatic carbocycles. The van der Waals surface area contributed by atoms with Gasteiger partial charge in [-0.05, 0) is 38.1 Å². The lowest BCUT2D eigenvalue weighted by Crippen LogP contribution is -2.24. The second-order valence-electron chi connectivity index (χ2n) is 4.05. The highest BCUT2D eigenvalue weighted by atomic mass is 15.2. The van der Waals surface area contributed by atoms with Crippen LogP contribution in [0.2, 0.25) is 0 Å². The Balaban J connectivity index is 2.87. The molecule has 1 N–H and O–H groups in total. The first kappa shape index (κ1) is 13.7. The van der Waals surface area contributed by atoms with Crippen LogP contribution in [0.25, 0.3) is 0 Å². The molecule has 94 valence electrons. The molecular formula is C14H23N3. The van der Waals surface area contributed by atoms with Gasteiger partial charge in [0.2, 0.25) is 0 Å². The number of anilines is 1. The van der Waals surface area contributed by atoms with Crippen molar-refractivity contribution in [2.24, 2.45) is 0 Å². The van der Waals surface area contributed by atoms with E-state index in [0.29, 0.717) is 6.04 Å². The molecular weight excluding hydrogens is 210 g/mol. The fourth-order valence-corrected chi connectivity index (χ4v) is 1.84. The summed E-state index contributed by atoms with van der Waals surface area (Å²) in [6.45, 7) is 13.0. The van der Waals surface area contributed by atoms with Crippen molar-refractivity contribution < 1.29 is 0 Å². The number of hydrogen-bond donors (Lipinski definition) is 1. The summed E-state index contributed by atoms with van der Waals surface area (Å²) < 4.78 is 0. The van der Waals surface area contributed by atoms with Crippen LogP contribution in [0, 0.1) is 0 Å². The minimum Gasteiger partial charge on any atom is -0.353 e. The molecule has 1 unspecified atom stereocenters. The van der Waals surface area contributed by atoms with Gasteiger partial charge in [-0.15, -0.1) is 6.58 Å². The summed E-state index contributed by atoms with van der Waals surface area (Å²) in [5.41, 5.74) is 1.28. The van der Waals surface area contributed by atoms with Crippen LogP contribution in [0.1, 0.15) is 32.4 Å². The highest BCUT2D eigenvalue weighted by Crippen LogP contribution is 2.17. The number of aromatic nitrogens is 1. The molecule has 1 heterocycles. The van der Waals surface area contributed by atoms with Crippen molar-refractivity contribution in [3.05, 3.63) is 36.5 Å². The molecule has 0 aromatic carbocycles. The van der Waals surface area contributed by atoms with Crippen LogP contribution in [0.3, 0.4) is 0 Å². The maximum absolute atomic E-state index is 4.42. The van der Waals surface area contributed by atoms with E-state index in [1.807, 2.05) is 12.3 Å². The Morgan fingerprint density at radius 1 is 1.53 bits per heavy atom. The zero-order chi connectivity index (χ0) is 12.7. The van der Waals surface area contributed by atoms with E-state index in [2.05, 4.69) is 54.7 Å². The maximum atomic E-state index is 4.42. The lowest BCUT2D eigenvalue weighted by Gasteiger charge is -2.21. The van der Waals surface area contributed by atoms with E-state index in [4.69, 9.17) is 0 Å². The van der Waals surface area contributed by atoms with E-state index < -0.39 is 0 Å². The van der Waals surface area contributed by atoms with E-state index in [1.165, 1.54) is 5.56 Å². The number of likely N-dealkylation sites (N-methyl/N-ethyl adjacent to an activating group) is 1. The standard InChI is InChI=1S/C14H23N3/c1-5-10-17(7-3)14-11-13(8-9-16-14)12(4)15-6-2/h5,8-9,11-12,15H,1,6-7,10H2,2-4H3. The van der Waals surface area contributed by atoms with Gasteiger partial charge in [0.25, 0.3) is 0 Å². The Kier molecular flexibility index (Phi) is 5.70. The Bertz CT molecular complexity index is 349. The fraction of sp³-hybridized carbons (Fsp3) is 0.500. The van der Waals surface area contributed by atoms with Gasteiger partial charge in [0.05, 0.1) is 0 Å². The Morgan fingerprint density at radius 3 is 2.88 bits per heavy atom. The first-order valence-electron chi connectivity index (χ1n) is 6.28. The molecule has 0 fully saturated rings. The number of nitrogens with zero attached hydrogens (tertiary/aromatic N) is 2. The summed E-state index contributed by atoms with van der Waals surface area (Å²) in [7, 11) is 0. The first-order valence-corrected chi connectivity index (χ1v) is 6.28. The maximum Gasteiger partial charge on any atom is 0.129 e. The van der Waals surface area contributed by atoms with Gasteiger partial charge in [-0.2, -0.15) is 0 Å². The predicted molar refractivity (Wildman–Crippen MR) is 74.4 cm³/mol. The molecule has 1 aromatic heterocycles. The van der Waals surface area contributed by atoms with E-state index in [0.717, 1.165) is 25.5 Å². The van der Waals surface area contributed by atoms with E-state index in [-0.39, 0.29) is 0 Å². The van der Waals surface area contributed by atoms with E-state index in [9.17, 15) is 0 Å². The predicted octanol–water partition coefficient (Wildman–Crippen LogP) is 2.76. The van der Waals surface area contributed by atoms with E-state index in [1.54, 1.807) is 0 Å². The number of rotatable bonds is 7. The summed E-state index contributed by atoms with van der Waals surface area (Å²) in [6.07, 6.45) is 3.79. The van der Waals surface area contributed by atoms with Gasteiger partial charge in [0, 0.05) is 25.3 Å². The van der Waals surface area contributed by atoms with Gasteiger partial charge >= 0.3 is 0 Å². The highest BCUT2D eigenvalue weighted by Gasteiger charge is 2.08. The van der Waals surface area contributed by atoms with Crippen LogP contribution in [0.4, 0.5) is 5.82 Å². The second kappa shape index (κ2) is 7.07. The molecule has 0 aliphatic heterocycles. The summed E-state index contributed by atoms with van der Waals surface area (Å²) in [5, 5.41) is 3.41. The molecule has 1 rings (SSSR count). The molecule has 3 nitrogen and oxygen atoms in total. The molecule has 1 aromatic rings. The minimum atomic E-state index is 0.365. The van der Waals surface area contributed by atoms with Crippen LogP contribution in [-0.4, -0.2) is 24.6 Å². The Morgan fingerprint density at radius 2 is 2.29 bits per heavy atom. The monoisotopic (exact) mass is 233 g/mol. The van der Waals surface area contributed by atoms with E-state index >= 15 is 0 Å². The average Bonchev–Trinajstić information content (AvgIpc) is 2.36. The van der Waals surface area contributed by atoms with Crippen LogP contribution in [0.5, 0.6) is 0 Å². The third-order valence-electron chi connectivity index (χ3n) is 2.84. The van der Waals surface area contributed by atoms with Crippen molar-refractivity contribution in [2.75, 3.05) is 24.5 Å². The summed E-state index contributed by atoms with van der Waals surface area (Å²) >= 11 is 0. The van der Waals surface area contributed by atoms with Crippen molar-refractivity contribution in [1.82, 2.24) is 10.3 Å². The summed E-state index contributed by atoms with van der Waals surface area (Å²) in [4.78, 5) is 6.63. The normalized spacial score (nSPS) is 12.2. The first-order chi connectivity index (χ1) is 8.22. The molecule has 17 heavy (non-hydrogen) atoms. The topological polar surface area (TPSA) is 28.2 Å². The van der Waals surface area contributed by atoms with Crippen molar-refractivity contribution in [3.63, 3.8) is 0 Å². The Hall–Kier alpha value is -1.35. The average molecular weight is 233 g/mol. The summed E-state index contributed by atoms with van der Waals surface area (Å²) in [6, 6.07) is 4.59. The van der Waals surface area contributed by atoms with Crippen LogP contribution >= 0.6 is 0 Å². The smallest absolute Gasteiger partial charge is 0.129 e. The molecule has 0 saturated heterocycles. The molecule has 1 atom stereocenters. The van der Waals surface area contributed by atoms with Gasteiger partial charge in [-0.25, -0.2) is 4.98 Å². The van der Waals surface area contributed by atoms with Gasteiger partial charge in [-0.3, -0.25) is 0 Å². The lowest BCUT2D eigenvalue weighted by atomic mass is 10.1. The summed E-state index contributed by atoms with van der Waals surface area (Å²) in [5.74, 6) is 1.02. The van der Waals surface area contributed by atoms with Gasteiger partial charge in [0.15, 0.2) is 0 Å². The Labute approximate surface area is 105 Å². The third kappa shape index (κ3) is 3.86. The third-order valence-corrected chi connectivity index (χ3v) is 2.84. The van der Waals surface area contributed by atoms with Crippen molar-refractivity contribution in [3.8, 4) is 0 Å². The van der Waals surface area contributed by atoms with Gasteiger partial charge < -0.3 is 10.2 Å². The largest absolute Gasteiger partial charge is 0.353 e. The fourth-order valence-electron chi connectivity index (χ4n) is 1.84. The van der Waals surface area contributed by atoms with Gasteiger partial charge in [0.1, 0.15) is 5.82 Å². The van der Waals surface area contributed by atoms with Crippen LogP contribution in [-0.2, 0) is 0 Å². The zero-order valence-electron chi connectivity index (χ0n) is 11.1. The van der Waals surface area contributed by atoms with Gasteiger partial charge in [-0.1, -0.05) is 13.0 Å². The quantitative estimate of drug-likeness (QED) is 0.734. The second-order valence-corrected chi connectivity index (χ2v) is 4.05. The molecule has 0 bridgehead atoms. The lowest BCUT2D eigenvalue weighted by molar-refractivity contribution is 0.597. The molecule has 0 saturated carbocycles. The van der Waals surface area contributed by atoms with Crippen molar-refractivity contribution >= 4 is 5.82 Å². The molecule has 0 radical (unpaired) electrons. The number of pyridine rings is 1. The van der Waals surface area contributed by atoms with Crippen molar-refractivity contribution in [1.29, 1.82) is 0 Å². The zero-order valence-corrected chi connectivity index (χ0v) is 11.1. The minimum absolute atomic E-state index is 0.365. The molecule has 3 heteroatoms. The van der Waals surface area contributed by atoms with Crippen LogP contribution < -0.4 is 10.2 Å². The highest BCUT2D eigenvalue weighted by molar-refractivity contribution is 5.42. The molecule has 0 aliphatic rings. The van der Waals surface area contributed by atoms with Crippen LogP contribution in [0.15, 0.2) is 31.0 Å². The van der Waals surface area contributed by atoms with Crippen molar-refractivity contribution in [2.45, 2.75) is 26.8 Å². The molecule has 0 spiro atoms. The number of nitrogens with one attached hydrogen (secondary N) is 1. The SMILES string of the molecule is C=CCN(CC)c1cc(C(C)NCC)ccn1. The molecule has 0 amide bonds.